The second-order valence-electron chi connectivity index (χ2n) is 5.09. The molecule has 0 aliphatic rings. The van der Waals surface area contributed by atoms with Crippen molar-refractivity contribution in [1.29, 1.82) is 0 Å². The first-order valence-corrected chi connectivity index (χ1v) is 8.29. The summed E-state index contributed by atoms with van der Waals surface area (Å²) in [6, 6.07) is 14.5. The molecule has 0 atom stereocenters. The first-order valence-electron chi connectivity index (χ1n) is 7.48. The van der Waals surface area contributed by atoms with Gasteiger partial charge in [0, 0.05) is 0 Å². The zero-order valence-electron chi connectivity index (χ0n) is 13.8. The number of thiazole rings is 1. The largest absolute Gasteiger partial charge is 0.496 e. The van der Waals surface area contributed by atoms with Gasteiger partial charge in [-0.2, -0.15) is 0 Å². The average Bonchev–Trinajstić information content (AvgIpc) is 3.01. The van der Waals surface area contributed by atoms with Gasteiger partial charge in [0.1, 0.15) is 22.2 Å². The van der Waals surface area contributed by atoms with Crippen LogP contribution in [0.3, 0.4) is 0 Å². The van der Waals surface area contributed by atoms with E-state index in [2.05, 4.69) is 10.3 Å². The second kappa shape index (κ2) is 7.23. The van der Waals surface area contributed by atoms with Crippen LogP contribution >= 0.6 is 11.3 Å². The summed E-state index contributed by atoms with van der Waals surface area (Å²) in [5.74, 6) is 1.13. The molecule has 3 N–H and O–H groups in total. The molecule has 0 aliphatic carbocycles. The maximum atomic E-state index is 12.8. The van der Waals surface area contributed by atoms with Gasteiger partial charge in [0.2, 0.25) is 5.78 Å². The lowest BCUT2D eigenvalue weighted by Crippen LogP contribution is -2.04. The number of hydrogen-bond acceptors (Lipinski definition) is 7. The topological polar surface area (TPSA) is 86.5 Å². The number of ether oxygens (including phenoxy) is 2. The van der Waals surface area contributed by atoms with Gasteiger partial charge in [0.05, 0.1) is 25.5 Å². The Hall–Kier alpha value is -3.06. The van der Waals surface area contributed by atoms with Gasteiger partial charge in [-0.3, -0.25) is 4.79 Å². The molecule has 0 saturated heterocycles. The lowest BCUT2D eigenvalue weighted by atomic mass is 10.1. The van der Waals surface area contributed by atoms with Gasteiger partial charge in [-0.05, 0) is 24.3 Å². The van der Waals surface area contributed by atoms with Gasteiger partial charge in [-0.15, -0.1) is 0 Å². The number of carbonyl (C=O) groups is 1. The van der Waals surface area contributed by atoms with Crippen molar-refractivity contribution in [1.82, 2.24) is 4.98 Å². The van der Waals surface area contributed by atoms with Crippen LogP contribution in [0.4, 0.5) is 16.6 Å². The molecule has 6 nitrogen and oxygen atoms in total. The molecule has 25 heavy (non-hydrogen) atoms. The number of aromatic nitrogens is 1. The molecule has 0 bridgehead atoms. The molecule has 0 unspecified atom stereocenters. The summed E-state index contributed by atoms with van der Waals surface area (Å²) in [7, 11) is 3.12. The third-order valence-electron chi connectivity index (χ3n) is 3.56. The van der Waals surface area contributed by atoms with Crippen molar-refractivity contribution >= 4 is 33.8 Å². The van der Waals surface area contributed by atoms with Crippen LogP contribution in [0.25, 0.3) is 0 Å². The van der Waals surface area contributed by atoms with E-state index in [4.69, 9.17) is 15.2 Å². The minimum absolute atomic E-state index is 0.179. The molecule has 1 heterocycles. The smallest absolute Gasteiger partial charge is 0.210 e. The molecule has 7 heteroatoms. The fraction of sp³-hybridized carbons (Fsp3) is 0.111. The van der Waals surface area contributed by atoms with E-state index < -0.39 is 0 Å². The van der Waals surface area contributed by atoms with Crippen molar-refractivity contribution < 1.29 is 14.3 Å². The van der Waals surface area contributed by atoms with E-state index in [0.29, 0.717) is 27.1 Å². The quantitative estimate of drug-likeness (QED) is 0.656. The highest BCUT2D eigenvalue weighted by molar-refractivity contribution is 7.18. The zero-order chi connectivity index (χ0) is 17.8. The van der Waals surface area contributed by atoms with Crippen LogP contribution in [0.2, 0.25) is 0 Å². The van der Waals surface area contributed by atoms with Gasteiger partial charge in [0.15, 0.2) is 5.13 Å². The third kappa shape index (κ3) is 3.41. The normalized spacial score (nSPS) is 10.3. The Labute approximate surface area is 149 Å². The van der Waals surface area contributed by atoms with Crippen molar-refractivity contribution in [3.8, 4) is 11.5 Å². The lowest BCUT2D eigenvalue weighted by molar-refractivity contribution is 0.104. The number of nitrogen functional groups attached to an aromatic ring is 1. The van der Waals surface area contributed by atoms with Crippen LogP contribution in [-0.4, -0.2) is 25.0 Å². The van der Waals surface area contributed by atoms with Crippen LogP contribution in [0.15, 0.2) is 48.5 Å². The minimum Gasteiger partial charge on any atom is -0.496 e. The highest BCUT2D eigenvalue weighted by Gasteiger charge is 2.21. The van der Waals surface area contributed by atoms with E-state index in [1.807, 2.05) is 24.3 Å². The Morgan fingerprint density at radius 2 is 1.68 bits per heavy atom. The number of carbonyl (C=O) groups excluding carboxylic acids is 1. The van der Waals surface area contributed by atoms with Gasteiger partial charge in [0.25, 0.3) is 0 Å². The second-order valence-corrected chi connectivity index (χ2v) is 6.09. The summed E-state index contributed by atoms with van der Waals surface area (Å²) in [5, 5.41) is 3.65. The fourth-order valence-corrected chi connectivity index (χ4v) is 3.22. The van der Waals surface area contributed by atoms with E-state index in [9.17, 15) is 4.79 Å². The molecular formula is C18H17N3O3S. The zero-order valence-corrected chi connectivity index (χ0v) is 14.6. The Kier molecular flexibility index (Phi) is 4.85. The molecule has 3 rings (SSSR count). The Morgan fingerprint density at radius 3 is 2.40 bits per heavy atom. The van der Waals surface area contributed by atoms with Crippen LogP contribution in [0.5, 0.6) is 11.5 Å². The van der Waals surface area contributed by atoms with Gasteiger partial charge in [-0.25, -0.2) is 4.98 Å². The SMILES string of the molecule is COc1ccccc1Nc1nc(N)c(C(=O)c2ccccc2OC)s1. The van der Waals surface area contributed by atoms with Gasteiger partial charge < -0.3 is 20.5 Å². The Morgan fingerprint density at radius 1 is 1.04 bits per heavy atom. The molecule has 0 amide bonds. The summed E-state index contributed by atoms with van der Waals surface area (Å²) >= 11 is 1.19. The van der Waals surface area contributed by atoms with Crippen LogP contribution in [-0.2, 0) is 0 Å². The minimum atomic E-state index is -0.222. The van der Waals surface area contributed by atoms with E-state index >= 15 is 0 Å². The van der Waals surface area contributed by atoms with Crippen LogP contribution < -0.4 is 20.5 Å². The highest BCUT2D eigenvalue weighted by atomic mass is 32.1. The molecule has 0 spiro atoms. The van der Waals surface area contributed by atoms with E-state index in [1.54, 1.807) is 31.4 Å². The van der Waals surface area contributed by atoms with E-state index in [0.717, 1.165) is 5.69 Å². The summed E-state index contributed by atoms with van der Waals surface area (Å²) in [6.45, 7) is 0. The van der Waals surface area contributed by atoms with Gasteiger partial charge >= 0.3 is 0 Å². The summed E-state index contributed by atoms with van der Waals surface area (Å²) < 4.78 is 10.6. The molecule has 128 valence electrons. The third-order valence-corrected chi connectivity index (χ3v) is 4.55. The number of para-hydroxylation sites is 3. The number of benzene rings is 2. The van der Waals surface area contributed by atoms with Crippen molar-refractivity contribution in [2.45, 2.75) is 0 Å². The number of anilines is 3. The number of hydrogen-bond donors (Lipinski definition) is 2. The van der Waals surface area contributed by atoms with Crippen LogP contribution in [0, 0.1) is 0 Å². The molecule has 0 aliphatic heterocycles. The molecule has 0 radical (unpaired) electrons. The maximum Gasteiger partial charge on any atom is 0.210 e. The predicted octanol–water partition coefficient (Wildman–Crippen LogP) is 3.72. The van der Waals surface area contributed by atoms with Crippen LogP contribution in [0.1, 0.15) is 15.2 Å². The molecule has 1 aromatic heterocycles. The monoisotopic (exact) mass is 355 g/mol. The standard InChI is InChI=1S/C18H17N3O3S/c1-23-13-9-5-3-7-11(13)15(22)16-17(19)21-18(25-16)20-12-8-4-6-10-14(12)24-2/h3-10H,19H2,1-2H3,(H,20,21). The first-order chi connectivity index (χ1) is 12.1. The van der Waals surface area contributed by atoms with Crippen molar-refractivity contribution in [2.75, 3.05) is 25.3 Å². The number of nitrogens with one attached hydrogen (secondary N) is 1. The molecule has 0 fully saturated rings. The number of methoxy groups -OCH3 is 2. The van der Waals surface area contributed by atoms with Crippen molar-refractivity contribution in [2.24, 2.45) is 0 Å². The molecule has 3 aromatic rings. The van der Waals surface area contributed by atoms with Gasteiger partial charge in [-0.1, -0.05) is 35.6 Å². The maximum absolute atomic E-state index is 12.8. The Bertz CT molecular complexity index is 908. The molecule has 2 aromatic carbocycles. The highest BCUT2D eigenvalue weighted by Crippen LogP contribution is 2.34. The van der Waals surface area contributed by atoms with E-state index in [1.165, 1.54) is 18.4 Å². The average molecular weight is 355 g/mol. The number of rotatable bonds is 6. The summed E-state index contributed by atoms with van der Waals surface area (Å²) in [6.07, 6.45) is 0. The Balaban J connectivity index is 1.91. The van der Waals surface area contributed by atoms with Crippen molar-refractivity contribution in [3.63, 3.8) is 0 Å². The number of nitrogens with zero attached hydrogens (tertiary/aromatic N) is 1. The number of nitrogens with two attached hydrogens (primary N) is 1. The van der Waals surface area contributed by atoms with Crippen molar-refractivity contribution in [3.05, 3.63) is 59.0 Å². The first kappa shape index (κ1) is 16.8. The summed E-state index contributed by atoms with van der Waals surface area (Å²) in [5.41, 5.74) is 7.16. The predicted molar refractivity (Wildman–Crippen MR) is 99.2 cm³/mol. The molecular weight excluding hydrogens is 338 g/mol. The fourth-order valence-electron chi connectivity index (χ4n) is 2.37. The number of ketones is 1. The van der Waals surface area contributed by atoms with E-state index in [-0.39, 0.29) is 11.6 Å². The molecule has 0 saturated carbocycles. The summed E-state index contributed by atoms with van der Waals surface area (Å²) in [4.78, 5) is 17.4. The lowest BCUT2D eigenvalue weighted by Gasteiger charge is -2.08.